The lowest BCUT2D eigenvalue weighted by Crippen LogP contribution is -2.28. The van der Waals surface area contributed by atoms with E-state index in [1.165, 1.54) is 0 Å². The lowest BCUT2D eigenvalue weighted by atomic mass is 10.1. The second-order valence-electron chi connectivity index (χ2n) is 4.92. The van der Waals surface area contributed by atoms with Crippen LogP contribution in [0.3, 0.4) is 0 Å². The van der Waals surface area contributed by atoms with Gasteiger partial charge in [0.05, 0.1) is 24.3 Å². The number of nitrogens with one attached hydrogen (secondary N) is 2. The number of amides is 1. The number of H-pyrrole nitrogens is 1. The van der Waals surface area contributed by atoms with Crippen molar-refractivity contribution in [2.45, 2.75) is 0 Å². The second kappa shape index (κ2) is 7.07. The highest BCUT2D eigenvalue weighted by Crippen LogP contribution is 2.16. The number of aromatic nitrogens is 1. The van der Waals surface area contributed by atoms with E-state index in [1.54, 1.807) is 0 Å². The molecule has 0 fully saturated rings. The Hall–Kier alpha value is -1.85. The SMILES string of the molecule is CN(C)CCOCCNC(=O)c1cccc2cc[nH]c12. The first-order valence-corrected chi connectivity index (χ1v) is 6.75. The molecule has 0 saturated carbocycles. The summed E-state index contributed by atoms with van der Waals surface area (Å²) in [5.74, 6) is -0.0748. The Balaban J connectivity index is 1.79. The van der Waals surface area contributed by atoms with E-state index in [1.807, 2.05) is 44.6 Å². The molecule has 0 saturated heterocycles. The Morgan fingerprint density at radius 2 is 2.15 bits per heavy atom. The highest BCUT2D eigenvalue weighted by Gasteiger charge is 2.09. The van der Waals surface area contributed by atoms with Gasteiger partial charge in [-0.05, 0) is 26.2 Å². The predicted molar refractivity (Wildman–Crippen MR) is 80.0 cm³/mol. The topological polar surface area (TPSA) is 57.4 Å². The molecule has 2 rings (SSSR count). The largest absolute Gasteiger partial charge is 0.378 e. The van der Waals surface area contributed by atoms with Crippen LogP contribution in [0.4, 0.5) is 0 Å². The van der Waals surface area contributed by atoms with Crippen molar-refractivity contribution in [2.24, 2.45) is 0 Å². The molecule has 1 heterocycles. The Bertz CT molecular complexity index is 563. The zero-order valence-corrected chi connectivity index (χ0v) is 12.0. The van der Waals surface area contributed by atoms with E-state index in [4.69, 9.17) is 4.74 Å². The van der Waals surface area contributed by atoms with E-state index in [2.05, 4.69) is 15.2 Å². The smallest absolute Gasteiger partial charge is 0.253 e. The van der Waals surface area contributed by atoms with Crippen LogP contribution >= 0.6 is 0 Å². The van der Waals surface area contributed by atoms with Gasteiger partial charge in [-0.3, -0.25) is 4.79 Å². The number of carbonyl (C=O) groups excluding carboxylic acids is 1. The summed E-state index contributed by atoms with van der Waals surface area (Å²) < 4.78 is 5.44. The third-order valence-electron chi connectivity index (χ3n) is 3.05. The third kappa shape index (κ3) is 3.82. The third-order valence-corrected chi connectivity index (χ3v) is 3.05. The number of likely N-dealkylation sites (N-methyl/N-ethyl adjacent to an activating group) is 1. The summed E-state index contributed by atoms with van der Waals surface area (Å²) >= 11 is 0. The van der Waals surface area contributed by atoms with E-state index in [0.717, 1.165) is 17.4 Å². The minimum absolute atomic E-state index is 0.0748. The van der Waals surface area contributed by atoms with Crippen LogP contribution in [0.2, 0.25) is 0 Å². The van der Waals surface area contributed by atoms with Crippen LogP contribution in [0, 0.1) is 0 Å². The van der Waals surface area contributed by atoms with Gasteiger partial charge in [0.25, 0.3) is 5.91 Å². The van der Waals surface area contributed by atoms with Crippen LogP contribution in [0.5, 0.6) is 0 Å². The van der Waals surface area contributed by atoms with Gasteiger partial charge in [0.2, 0.25) is 0 Å². The van der Waals surface area contributed by atoms with Crippen molar-refractivity contribution in [1.29, 1.82) is 0 Å². The fourth-order valence-corrected chi connectivity index (χ4v) is 1.96. The zero-order valence-electron chi connectivity index (χ0n) is 12.0. The number of aromatic amines is 1. The first-order chi connectivity index (χ1) is 9.68. The van der Waals surface area contributed by atoms with Crippen molar-refractivity contribution >= 4 is 16.8 Å². The molecule has 0 radical (unpaired) electrons. The molecule has 0 spiro atoms. The molecule has 5 heteroatoms. The number of hydrogen-bond acceptors (Lipinski definition) is 3. The maximum atomic E-state index is 12.1. The van der Waals surface area contributed by atoms with Crippen molar-refractivity contribution < 1.29 is 9.53 Å². The minimum atomic E-state index is -0.0748. The predicted octanol–water partition coefficient (Wildman–Crippen LogP) is 1.48. The van der Waals surface area contributed by atoms with Gasteiger partial charge in [-0.1, -0.05) is 12.1 Å². The Morgan fingerprint density at radius 1 is 1.30 bits per heavy atom. The van der Waals surface area contributed by atoms with Crippen molar-refractivity contribution in [3.63, 3.8) is 0 Å². The molecule has 0 atom stereocenters. The van der Waals surface area contributed by atoms with Crippen molar-refractivity contribution in [2.75, 3.05) is 40.4 Å². The highest BCUT2D eigenvalue weighted by atomic mass is 16.5. The Kier molecular flexibility index (Phi) is 5.15. The molecular weight excluding hydrogens is 254 g/mol. The summed E-state index contributed by atoms with van der Waals surface area (Å²) in [5.41, 5.74) is 1.54. The molecule has 5 nitrogen and oxygen atoms in total. The van der Waals surface area contributed by atoms with Crippen LogP contribution in [0.1, 0.15) is 10.4 Å². The lowest BCUT2D eigenvalue weighted by molar-refractivity contribution is 0.0901. The molecule has 2 aromatic rings. The molecule has 1 aromatic heterocycles. The summed E-state index contributed by atoms with van der Waals surface area (Å²) in [4.78, 5) is 17.3. The van der Waals surface area contributed by atoms with E-state index in [9.17, 15) is 4.79 Å². The first kappa shape index (κ1) is 14.6. The van der Waals surface area contributed by atoms with Crippen LogP contribution < -0.4 is 5.32 Å². The molecule has 0 bridgehead atoms. The number of para-hydroxylation sites is 1. The molecule has 2 N–H and O–H groups in total. The van der Waals surface area contributed by atoms with Gasteiger partial charge in [0, 0.05) is 24.7 Å². The molecular formula is C15H21N3O2. The van der Waals surface area contributed by atoms with Gasteiger partial charge in [0.15, 0.2) is 0 Å². The first-order valence-electron chi connectivity index (χ1n) is 6.75. The Morgan fingerprint density at radius 3 is 2.95 bits per heavy atom. The van der Waals surface area contributed by atoms with Gasteiger partial charge in [-0.15, -0.1) is 0 Å². The van der Waals surface area contributed by atoms with Crippen LogP contribution in [-0.4, -0.2) is 56.2 Å². The Labute approximate surface area is 118 Å². The molecule has 0 aliphatic carbocycles. The average molecular weight is 275 g/mol. The van der Waals surface area contributed by atoms with Gasteiger partial charge in [0.1, 0.15) is 0 Å². The maximum absolute atomic E-state index is 12.1. The van der Waals surface area contributed by atoms with Crippen LogP contribution in [0.15, 0.2) is 30.5 Å². The minimum Gasteiger partial charge on any atom is -0.378 e. The lowest BCUT2D eigenvalue weighted by Gasteiger charge is -2.10. The summed E-state index contributed by atoms with van der Waals surface area (Å²) in [5, 5.41) is 3.91. The van der Waals surface area contributed by atoms with Gasteiger partial charge in [-0.25, -0.2) is 0 Å². The quantitative estimate of drug-likeness (QED) is 0.752. The van der Waals surface area contributed by atoms with Crippen molar-refractivity contribution in [3.05, 3.63) is 36.0 Å². The normalized spacial score (nSPS) is 11.2. The van der Waals surface area contributed by atoms with Crippen LogP contribution in [0.25, 0.3) is 10.9 Å². The number of nitrogens with zero attached hydrogens (tertiary/aromatic N) is 1. The highest BCUT2D eigenvalue weighted by molar-refractivity contribution is 6.05. The van der Waals surface area contributed by atoms with Crippen molar-refractivity contribution in [3.8, 4) is 0 Å². The number of fused-ring (bicyclic) bond motifs is 1. The average Bonchev–Trinajstić information content (AvgIpc) is 2.90. The van der Waals surface area contributed by atoms with Gasteiger partial charge in [-0.2, -0.15) is 0 Å². The fourth-order valence-electron chi connectivity index (χ4n) is 1.96. The number of ether oxygens (including phenoxy) is 1. The molecule has 20 heavy (non-hydrogen) atoms. The summed E-state index contributed by atoms with van der Waals surface area (Å²) in [6.07, 6.45) is 1.84. The zero-order chi connectivity index (χ0) is 14.4. The molecule has 1 amide bonds. The van der Waals surface area contributed by atoms with E-state index in [0.29, 0.717) is 25.3 Å². The summed E-state index contributed by atoms with van der Waals surface area (Å²) in [7, 11) is 4.00. The van der Waals surface area contributed by atoms with E-state index < -0.39 is 0 Å². The number of rotatable bonds is 7. The molecule has 0 aliphatic rings. The number of carbonyl (C=O) groups is 1. The summed E-state index contributed by atoms with van der Waals surface area (Å²) in [6.45, 7) is 2.61. The molecule has 108 valence electrons. The number of benzene rings is 1. The van der Waals surface area contributed by atoms with Gasteiger partial charge < -0.3 is 19.9 Å². The summed E-state index contributed by atoms with van der Waals surface area (Å²) in [6, 6.07) is 7.64. The van der Waals surface area contributed by atoms with E-state index in [-0.39, 0.29) is 5.91 Å². The van der Waals surface area contributed by atoms with E-state index >= 15 is 0 Å². The van der Waals surface area contributed by atoms with Crippen LogP contribution in [-0.2, 0) is 4.74 Å². The number of hydrogen-bond donors (Lipinski definition) is 2. The van der Waals surface area contributed by atoms with Crippen molar-refractivity contribution in [1.82, 2.24) is 15.2 Å². The molecule has 0 unspecified atom stereocenters. The molecule has 0 aliphatic heterocycles. The maximum Gasteiger partial charge on any atom is 0.253 e. The van der Waals surface area contributed by atoms with Gasteiger partial charge >= 0.3 is 0 Å². The monoisotopic (exact) mass is 275 g/mol. The standard InChI is InChI=1S/C15H21N3O2/c1-18(2)9-11-20-10-8-17-15(19)13-5-3-4-12-6-7-16-14(12)13/h3-7,16H,8-11H2,1-2H3,(H,17,19). The molecule has 1 aromatic carbocycles. The second-order valence-corrected chi connectivity index (χ2v) is 4.92. The fraction of sp³-hybridized carbons (Fsp3) is 0.400.